The summed E-state index contributed by atoms with van der Waals surface area (Å²) in [4.78, 5) is 16.7. The van der Waals surface area contributed by atoms with Crippen LogP contribution in [0.2, 0.25) is 0 Å². The van der Waals surface area contributed by atoms with Crippen molar-refractivity contribution in [3.8, 4) is 17.2 Å². The maximum absolute atomic E-state index is 12.5. The molecule has 1 heterocycles. The maximum Gasteiger partial charge on any atom is 0.246 e. The van der Waals surface area contributed by atoms with E-state index in [0.717, 1.165) is 30.9 Å². The number of aromatic hydroxyl groups is 1. The quantitative estimate of drug-likeness (QED) is 0.779. The Balaban J connectivity index is 1.50. The number of methoxy groups -OCH3 is 2. The number of hydrogen-bond donors (Lipinski definition) is 1. The Kier molecular flexibility index (Phi) is 6.55. The zero-order valence-corrected chi connectivity index (χ0v) is 16.3. The van der Waals surface area contributed by atoms with Crippen LogP contribution in [-0.4, -0.2) is 61.2 Å². The van der Waals surface area contributed by atoms with Gasteiger partial charge in [-0.3, -0.25) is 9.69 Å². The van der Waals surface area contributed by atoms with Crippen molar-refractivity contribution in [3.63, 3.8) is 0 Å². The van der Waals surface area contributed by atoms with Gasteiger partial charge >= 0.3 is 0 Å². The number of carbonyl (C=O) groups is 1. The van der Waals surface area contributed by atoms with Crippen molar-refractivity contribution in [3.05, 3.63) is 59.7 Å². The van der Waals surface area contributed by atoms with Crippen molar-refractivity contribution >= 4 is 12.0 Å². The normalized spacial score (nSPS) is 15.0. The van der Waals surface area contributed by atoms with Crippen molar-refractivity contribution in [1.82, 2.24) is 9.80 Å². The Hall–Kier alpha value is -2.99. The van der Waals surface area contributed by atoms with Gasteiger partial charge in [0.15, 0.2) is 11.5 Å². The molecule has 1 aliphatic heterocycles. The lowest BCUT2D eigenvalue weighted by atomic mass is 10.1. The largest absolute Gasteiger partial charge is 0.504 e. The van der Waals surface area contributed by atoms with Crippen LogP contribution in [0.5, 0.6) is 17.2 Å². The fourth-order valence-corrected chi connectivity index (χ4v) is 3.19. The molecule has 0 aromatic heterocycles. The van der Waals surface area contributed by atoms with Gasteiger partial charge in [-0.05, 0) is 41.5 Å². The third-order valence-corrected chi connectivity index (χ3v) is 4.87. The van der Waals surface area contributed by atoms with Crippen molar-refractivity contribution in [2.45, 2.75) is 6.54 Å². The first-order valence-electron chi connectivity index (χ1n) is 9.28. The summed E-state index contributed by atoms with van der Waals surface area (Å²) in [6.07, 6.45) is 3.32. The third kappa shape index (κ3) is 5.04. The highest BCUT2D eigenvalue weighted by molar-refractivity contribution is 5.92. The fraction of sp³-hybridized carbons (Fsp3) is 0.318. The highest BCUT2D eigenvalue weighted by Crippen LogP contribution is 2.26. The van der Waals surface area contributed by atoms with Crippen LogP contribution in [0, 0.1) is 0 Å². The molecule has 2 aromatic rings. The fourth-order valence-electron chi connectivity index (χ4n) is 3.19. The van der Waals surface area contributed by atoms with Gasteiger partial charge in [0.05, 0.1) is 14.2 Å². The molecule has 0 saturated carbocycles. The molecule has 0 atom stereocenters. The average Bonchev–Trinajstić information content (AvgIpc) is 2.74. The average molecular weight is 382 g/mol. The Labute approximate surface area is 165 Å². The minimum Gasteiger partial charge on any atom is -0.504 e. The minimum atomic E-state index is -0.00357. The molecule has 1 amide bonds. The highest BCUT2D eigenvalue weighted by Gasteiger charge is 2.19. The van der Waals surface area contributed by atoms with Crippen LogP contribution in [0.1, 0.15) is 11.1 Å². The van der Waals surface area contributed by atoms with Gasteiger partial charge in [0, 0.05) is 38.8 Å². The molecule has 6 nitrogen and oxygen atoms in total. The Morgan fingerprint density at radius 1 is 1.04 bits per heavy atom. The molecular weight excluding hydrogens is 356 g/mol. The maximum atomic E-state index is 12.5. The lowest BCUT2D eigenvalue weighted by Crippen LogP contribution is -2.47. The van der Waals surface area contributed by atoms with E-state index in [1.807, 2.05) is 17.0 Å². The molecule has 0 radical (unpaired) electrons. The zero-order chi connectivity index (χ0) is 19.9. The second kappa shape index (κ2) is 9.28. The molecule has 1 N–H and O–H groups in total. The van der Waals surface area contributed by atoms with E-state index in [0.29, 0.717) is 18.8 Å². The summed E-state index contributed by atoms with van der Waals surface area (Å²) >= 11 is 0. The molecule has 0 bridgehead atoms. The van der Waals surface area contributed by atoms with Gasteiger partial charge in [-0.2, -0.15) is 0 Å². The number of ether oxygens (including phenoxy) is 2. The van der Waals surface area contributed by atoms with Crippen LogP contribution in [0.3, 0.4) is 0 Å². The van der Waals surface area contributed by atoms with Crippen LogP contribution in [0.15, 0.2) is 48.5 Å². The number of nitrogens with zero attached hydrogens (tertiary/aromatic N) is 2. The van der Waals surface area contributed by atoms with E-state index in [9.17, 15) is 9.90 Å². The summed E-state index contributed by atoms with van der Waals surface area (Å²) in [5.41, 5.74) is 2.04. The van der Waals surface area contributed by atoms with Gasteiger partial charge in [-0.15, -0.1) is 0 Å². The number of benzene rings is 2. The number of phenols is 1. The second-order valence-electron chi connectivity index (χ2n) is 6.71. The van der Waals surface area contributed by atoms with Crippen molar-refractivity contribution in [2.24, 2.45) is 0 Å². The lowest BCUT2D eigenvalue weighted by Gasteiger charge is -2.34. The zero-order valence-electron chi connectivity index (χ0n) is 16.3. The molecule has 0 unspecified atom stereocenters. The second-order valence-corrected chi connectivity index (χ2v) is 6.71. The lowest BCUT2D eigenvalue weighted by molar-refractivity contribution is -0.127. The topological polar surface area (TPSA) is 62.2 Å². The summed E-state index contributed by atoms with van der Waals surface area (Å²) in [6.45, 7) is 3.98. The van der Waals surface area contributed by atoms with Gasteiger partial charge in [0.25, 0.3) is 0 Å². The first kappa shape index (κ1) is 19.8. The van der Waals surface area contributed by atoms with Crippen molar-refractivity contribution in [1.29, 1.82) is 0 Å². The number of phenolic OH excluding ortho intramolecular Hbond substituents is 1. The van der Waals surface area contributed by atoms with E-state index >= 15 is 0 Å². The van der Waals surface area contributed by atoms with Crippen LogP contribution >= 0.6 is 0 Å². The molecule has 148 valence electrons. The monoisotopic (exact) mass is 382 g/mol. The standard InChI is InChI=1S/C22H26N2O4/c1-27-19-7-3-18(4-8-19)16-23-11-13-24(14-12-23)22(26)10-6-17-5-9-20(25)21(15-17)28-2/h3-10,15,25H,11-14,16H2,1-2H3/b10-6+. The third-order valence-electron chi connectivity index (χ3n) is 4.87. The summed E-state index contributed by atoms with van der Waals surface area (Å²) in [6, 6.07) is 13.1. The van der Waals surface area contributed by atoms with Crippen LogP contribution in [0.4, 0.5) is 0 Å². The van der Waals surface area contributed by atoms with E-state index in [1.54, 1.807) is 37.5 Å². The number of carbonyl (C=O) groups excluding carboxylic acids is 1. The van der Waals surface area contributed by atoms with Gasteiger partial charge < -0.3 is 19.5 Å². The van der Waals surface area contributed by atoms with Crippen LogP contribution in [-0.2, 0) is 11.3 Å². The van der Waals surface area contributed by atoms with Gasteiger partial charge in [-0.25, -0.2) is 0 Å². The summed E-state index contributed by atoms with van der Waals surface area (Å²) in [5, 5.41) is 9.64. The molecular formula is C22H26N2O4. The molecule has 0 spiro atoms. The van der Waals surface area contributed by atoms with E-state index in [2.05, 4.69) is 17.0 Å². The predicted octanol–water partition coefficient (Wildman–Crippen LogP) is 2.77. The van der Waals surface area contributed by atoms with Crippen molar-refractivity contribution < 1.29 is 19.4 Å². The summed E-state index contributed by atoms with van der Waals surface area (Å²) in [7, 11) is 3.16. The van der Waals surface area contributed by atoms with Gasteiger partial charge in [0.2, 0.25) is 5.91 Å². The SMILES string of the molecule is COc1ccc(CN2CCN(C(=O)/C=C/c3ccc(O)c(OC)c3)CC2)cc1. The molecule has 0 aliphatic carbocycles. The van der Waals surface area contributed by atoms with E-state index in [4.69, 9.17) is 9.47 Å². The van der Waals surface area contributed by atoms with Gasteiger partial charge in [0.1, 0.15) is 5.75 Å². The van der Waals surface area contributed by atoms with Crippen molar-refractivity contribution in [2.75, 3.05) is 40.4 Å². The number of piperazine rings is 1. The molecule has 1 aliphatic rings. The molecule has 28 heavy (non-hydrogen) atoms. The summed E-state index contributed by atoms with van der Waals surface area (Å²) in [5.74, 6) is 1.33. The first-order valence-corrected chi connectivity index (χ1v) is 9.28. The smallest absolute Gasteiger partial charge is 0.246 e. The molecule has 6 heteroatoms. The minimum absolute atomic E-state index is 0.00357. The summed E-state index contributed by atoms with van der Waals surface area (Å²) < 4.78 is 10.3. The molecule has 2 aromatic carbocycles. The van der Waals surface area contributed by atoms with Crippen LogP contribution in [0.25, 0.3) is 6.08 Å². The molecule has 1 saturated heterocycles. The molecule has 3 rings (SSSR count). The van der Waals surface area contributed by atoms with E-state index in [1.165, 1.54) is 12.7 Å². The van der Waals surface area contributed by atoms with E-state index in [-0.39, 0.29) is 11.7 Å². The first-order chi connectivity index (χ1) is 13.6. The van der Waals surface area contributed by atoms with E-state index < -0.39 is 0 Å². The number of rotatable bonds is 6. The molecule has 1 fully saturated rings. The number of amides is 1. The number of hydrogen-bond acceptors (Lipinski definition) is 5. The van der Waals surface area contributed by atoms with Gasteiger partial charge in [-0.1, -0.05) is 18.2 Å². The van der Waals surface area contributed by atoms with Crippen LogP contribution < -0.4 is 9.47 Å². The Bertz CT molecular complexity index is 825. The predicted molar refractivity (Wildman–Crippen MR) is 109 cm³/mol. The highest BCUT2D eigenvalue weighted by atomic mass is 16.5. The Morgan fingerprint density at radius 3 is 2.39 bits per heavy atom. The Morgan fingerprint density at radius 2 is 1.75 bits per heavy atom.